The predicted molar refractivity (Wildman–Crippen MR) is 38.3 cm³/mol. The maximum atomic E-state index is 5.40. The van der Waals surface area contributed by atoms with Gasteiger partial charge < -0.3 is 4.74 Å². The molecule has 1 heterocycles. The maximum Gasteiger partial charge on any atom is 0.138 e. The van der Waals surface area contributed by atoms with Crippen LogP contribution in [0.3, 0.4) is 0 Å². The zero-order valence-corrected chi connectivity index (χ0v) is 5.79. The van der Waals surface area contributed by atoms with Gasteiger partial charge in [0.2, 0.25) is 0 Å². The van der Waals surface area contributed by atoms with Gasteiger partial charge in [0, 0.05) is 6.20 Å². The minimum atomic E-state index is 0.336. The van der Waals surface area contributed by atoms with Crippen LogP contribution < -0.4 is 5.32 Å². The standard InChI is InChI=1S/C8H10NO/c1-2-4-8-7(3-1)5-9-6-10-8/h1-2,5,8H,3-4,6H2. The molecule has 0 aromatic heterocycles. The fourth-order valence-electron chi connectivity index (χ4n) is 1.32. The largest absolute Gasteiger partial charge is 0.351 e. The summed E-state index contributed by atoms with van der Waals surface area (Å²) in [5, 5.41) is 4.04. The van der Waals surface area contributed by atoms with E-state index >= 15 is 0 Å². The van der Waals surface area contributed by atoms with Gasteiger partial charge in [-0.1, -0.05) is 12.2 Å². The van der Waals surface area contributed by atoms with Crippen molar-refractivity contribution in [1.29, 1.82) is 0 Å². The Labute approximate surface area is 60.6 Å². The van der Waals surface area contributed by atoms with Gasteiger partial charge in [0.15, 0.2) is 0 Å². The molecule has 1 unspecified atom stereocenters. The molecule has 2 nitrogen and oxygen atoms in total. The van der Waals surface area contributed by atoms with Gasteiger partial charge in [-0.15, -0.1) is 0 Å². The number of rotatable bonds is 0. The Morgan fingerprint density at radius 1 is 1.50 bits per heavy atom. The molecule has 1 aliphatic carbocycles. The topological polar surface area (TPSA) is 23.3 Å². The summed E-state index contributed by atoms with van der Waals surface area (Å²) >= 11 is 0. The van der Waals surface area contributed by atoms with Gasteiger partial charge in [-0.25, -0.2) is 0 Å². The van der Waals surface area contributed by atoms with E-state index in [1.54, 1.807) is 0 Å². The van der Waals surface area contributed by atoms with Crippen molar-refractivity contribution >= 4 is 0 Å². The summed E-state index contributed by atoms with van der Waals surface area (Å²) in [6.07, 6.45) is 8.69. The van der Waals surface area contributed by atoms with Crippen LogP contribution in [0.4, 0.5) is 0 Å². The summed E-state index contributed by atoms with van der Waals surface area (Å²) in [6, 6.07) is 0. The first-order valence-electron chi connectivity index (χ1n) is 3.59. The van der Waals surface area contributed by atoms with Crippen molar-refractivity contribution in [1.82, 2.24) is 5.32 Å². The van der Waals surface area contributed by atoms with Crippen molar-refractivity contribution in [3.8, 4) is 0 Å². The summed E-state index contributed by atoms with van der Waals surface area (Å²) in [5.74, 6) is 0. The van der Waals surface area contributed by atoms with E-state index in [1.807, 2.05) is 6.20 Å². The number of hydrogen-bond donors (Lipinski definition) is 0. The van der Waals surface area contributed by atoms with Gasteiger partial charge in [-0.2, -0.15) is 0 Å². The van der Waals surface area contributed by atoms with Crippen LogP contribution >= 0.6 is 0 Å². The van der Waals surface area contributed by atoms with Crippen LogP contribution in [-0.4, -0.2) is 12.8 Å². The molecule has 0 amide bonds. The normalized spacial score (nSPS) is 30.4. The second kappa shape index (κ2) is 2.46. The number of nitrogens with zero attached hydrogens (tertiary/aromatic N) is 1. The zero-order chi connectivity index (χ0) is 6.81. The zero-order valence-electron chi connectivity index (χ0n) is 5.79. The summed E-state index contributed by atoms with van der Waals surface area (Å²) in [4.78, 5) is 0. The van der Waals surface area contributed by atoms with Crippen LogP contribution in [0, 0.1) is 0 Å². The highest BCUT2D eigenvalue weighted by Crippen LogP contribution is 2.22. The van der Waals surface area contributed by atoms with E-state index in [0.717, 1.165) is 12.8 Å². The second-order valence-electron chi connectivity index (χ2n) is 2.58. The van der Waals surface area contributed by atoms with Gasteiger partial charge in [-0.05, 0) is 18.4 Å². The Balaban J connectivity index is 2.17. The van der Waals surface area contributed by atoms with E-state index < -0.39 is 0 Å². The molecule has 0 bridgehead atoms. The molecular formula is C8H10NO. The third-order valence-corrected chi connectivity index (χ3v) is 1.89. The molecule has 2 rings (SSSR count). The Kier molecular flexibility index (Phi) is 1.47. The number of ether oxygens (including phenoxy) is 1. The average Bonchev–Trinajstić information content (AvgIpc) is 2.05. The van der Waals surface area contributed by atoms with E-state index in [4.69, 9.17) is 4.74 Å². The SMILES string of the molecule is C1=CCC2OC[N]C=C2C1. The van der Waals surface area contributed by atoms with Crippen molar-refractivity contribution in [2.75, 3.05) is 6.73 Å². The monoisotopic (exact) mass is 136 g/mol. The van der Waals surface area contributed by atoms with Gasteiger partial charge >= 0.3 is 0 Å². The Bertz CT molecular complexity index is 184. The van der Waals surface area contributed by atoms with E-state index in [9.17, 15) is 0 Å². The third-order valence-electron chi connectivity index (χ3n) is 1.89. The summed E-state index contributed by atoms with van der Waals surface area (Å²) in [5.41, 5.74) is 1.33. The molecule has 1 aliphatic heterocycles. The summed E-state index contributed by atoms with van der Waals surface area (Å²) in [7, 11) is 0. The first kappa shape index (κ1) is 5.98. The average molecular weight is 136 g/mol. The highest BCUT2D eigenvalue weighted by Gasteiger charge is 2.18. The highest BCUT2D eigenvalue weighted by atomic mass is 16.5. The second-order valence-corrected chi connectivity index (χ2v) is 2.58. The van der Waals surface area contributed by atoms with Gasteiger partial charge in [0.1, 0.15) is 6.73 Å². The van der Waals surface area contributed by atoms with Crippen molar-refractivity contribution in [2.24, 2.45) is 0 Å². The van der Waals surface area contributed by atoms with E-state index in [-0.39, 0.29) is 0 Å². The minimum absolute atomic E-state index is 0.336. The maximum absolute atomic E-state index is 5.40. The van der Waals surface area contributed by atoms with Crippen LogP contribution in [0.25, 0.3) is 0 Å². The van der Waals surface area contributed by atoms with Gasteiger partial charge in [-0.3, -0.25) is 5.32 Å². The molecule has 0 saturated carbocycles. The lowest BCUT2D eigenvalue weighted by molar-refractivity contribution is 0.0551. The van der Waals surface area contributed by atoms with Crippen molar-refractivity contribution in [3.63, 3.8) is 0 Å². The van der Waals surface area contributed by atoms with Crippen LogP contribution in [0.2, 0.25) is 0 Å². The molecule has 1 radical (unpaired) electrons. The smallest absolute Gasteiger partial charge is 0.138 e. The predicted octanol–water partition coefficient (Wildman–Crippen LogP) is 1.18. The van der Waals surface area contributed by atoms with Crippen LogP contribution in [0.1, 0.15) is 12.8 Å². The molecule has 0 aromatic carbocycles. The molecule has 53 valence electrons. The fourth-order valence-corrected chi connectivity index (χ4v) is 1.32. The highest BCUT2D eigenvalue weighted by molar-refractivity contribution is 5.18. The van der Waals surface area contributed by atoms with Gasteiger partial charge in [0.05, 0.1) is 6.10 Å². The first-order valence-corrected chi connectivity index (χ1v) is 3.59. The molecule has 2 heteroatoms. The van der Waals surface area contributed by atoms with E-state index in [0.29, 0.717) is 12.8 Å². The Morgan fingerprint density at radius 3 is 3.40 bits per heavy atom. The van der Waals surface area contributed by atoms with Crippen LogP contribution in [-0.2, 0) is 4.74 Å². The number of fused-ring (bicyclic) bond motifs is 1. The molecule has 10 heavy (non-hydrogen) atoms. The molecule has 0 N–H and O–H groups in total. The number of hydrogen-bond acceptors (Lipinski definition) is 1. The lowest BCUT2D eigenvalue weighted by atomic mass is 9.98. The van der Waals surface area contributed by atoms with Crippen LogP contribution in [0.5, 0.6) is 0 Å². The molecule has 0 aromatic rings. The molecule has 0 saturated heterocycles. The molecule has 0 spiro atoms. The first-order chi connectivity index (χ1) is 4.97. The summed E-state index contributed by atoms with van der Waals surface area (Å²) < 4.78 is 5.40. The molecular weight excluding hydrogens is 126 g/mol. The van der Waals surface area contributed by atoms with Crippen molar-refractivity contribution < 1.29 is 4.74 Å². The minimum Gasteiger partial charge on any atom is -0.351 e. The van der Waals surface area contributed by atoms with E-state index in [2.05, 4.69) is 17.5 Å². The van der Waals surface area contributed by atoms with Crippen molar-refractivity contribution in [2.45, 2.75) is 18.9 Å². The molecule has 1 atom stereocenters. The third kappa shape index (κ3) is 0.948. The van der Waals surface area contributed by atoms with E-state index in [1.165, 1.54) is 5.57 Å². The quantitative estimate of drug-likeness (QED) is 0.459. The lowest BCUT2D eigenvalue weighted by Gasteiger charge is -2.25. The van der Waals surface area contributed by atoms with Crippen LogP contribution in [0.15, 0.2) is 23.9 Å². The number of allylic oxidation sites excluding steroid dienone is 1. The Morgan fingerprint density at radius 2 is 2.50 bits per heavy atom. The van der Waals surface area contributed by atoms with Gasteiger partial charge in [0.25, 0.3) is 0 Å². The van der Waals surface area contributed by atoms with Crippen molar-refractivity contribution in [3.05, 3.63) is 23.9 Å². The molecule has 0 fully saturated rings. The summed E-state index contributed by atoms with van der Waals surface area (Å²) in [6.45, 7) is 0.544. The molecule has 2 aliphatic rings. The fraction of sp³-hybridized carbons (Fsp3) is 0.500. The Hall–Kier alpha value is -0.760. The lowest BCUT2D eigenvalue weighted by Crippen LogP contribution is -2.26.